The molecule has 1 fully saturated rings. The molecule has 2 aromatic carbocycles. The summed E-state index contributed by atoms with van der Waals surface area (Å²) in [4.78, 5) is 28.7. The van der Waals surface area contributed by atoms with Crippen LogP contribution in [0.3, 0.4) is 0 Å². The van der Waals surface area contributed by atoms with Gasteiger partial charge in [-0.2, -0.15) is 0 Å². The van der Waals surface area contributed by atoms with Gasteiger partial charge in [0.05, 0.1) is 35.0 Å². The predicted molar refractivity (Wildman–Crippen MR) is 133 cm³/mol. The summed E-state index contributed by atoms with van der Waals surface area (Å²) in [6.45, 7) is 3.61. The molecule has 2 aliphatic carbocycles. The summed E-state index contributed by atoms with van der Waals surface area (Å²) in [5.41, 5.74) is -0.498. The Kier molecular flexibility index (Phi) is 6.40. The number of rotatable bonds is 4. The van der Waals surface area contributed by atoms with Gasteiger partial charge in [0.1, 0.15) is 11.5 Å². The number of ketones is 2. The van der Waals surface area contributed by atoms with E-state index >= 15 is 0 Å². The Morgan fingerprint density at radius 2 is 1.86 bits per heavy atom. The number of phenolic OH excluding ortho intramolecular Hbond substituents is 2. The number of aliphatic hydroxyl groups excluding tert-OH is 1. The second kappa shape index (κ2) is 9.18. The van der Waals surface area contributed by atoms with Gasteiger partial charge in [-0.25, -0.2) is 0 Å². The van der Waals surface area contributed by atoms with Crippen molar-refractivity contribution in [3.63, 3.8) is 0 Å². The molecule has 9 heteroatoms. The standard InChI is InChI=1S/C28H33NO8/c1-5-28(35)11-14-9-16-23(27(34)22-15(25(16)32)7-6-8-18(22)30)26(33)21(14)19(12-28)37-20-10-17(29(3)4)24(31)13(2)36-20/h6-9,13,17,19-20,24,30-31,33,35H,5,10-12H2,1-4H3/t13-,17-,19-,20+,24-,28-/m0/s1. The molecular weight excluding hydrogens is 478 g/mol. The summed E-state index contributed by atoms with van der Waals surface area (Å²) in [7, 11) is 3.73. The molecule has 37 heavy (non-hydrogen) atoms. The normalized spacial score (nSPS) is 31.2. The van der Waals surface area contributed by atoms with Crippen molar-refractivity contribution in [2.24, 2.45) is 0 Å². The monoisotopic (exact) mass is 511 g/mol. The predicted octanol–water partition coefficient (Wildman–Crippen LogP) is 2.44. The average molecular weight is 512 g/mol. The van der Waals surface area contributed by atoms with Crippen LogP contribution in [-0.4, -0.2) is 81.1 Å². The largest absolute Gasteiger partial charge is 0.507 e. The van der Waals surface area contributed by atoms with E-state index in [1.54, 1.807) is 13.0 Å². The molecule has 1 aliphatic heterocycles. The minimum atomic E-state index is -1.16. The number of hydrogen-bond donors (Lipinski definition) is 4. The van der Waals surface area contributed by atoms with Gasteiger partial charge in [0.25, 0.3) is 0 Å². The topological polar surface area (TPSA) is 137 Å². The lowest BCUT2D eigenvalue weighted by Crippen LogP contribution is -2.53. The summed E-state index contributed by atoms with van der Waals surface area (Å²) >= 11 is 0. The number of ether oxygens (including phenoxy) is 2. The van der Waals surface area contributed by atoms with Gasteiger partial charge in [0.2, 0.25) is 5.78 Å². The number of fused-ring (bicyclic) bond motifs is 3. The van der Waals surface area contributed by atoms with E-state index < -0.39 is 41.8 Å². The summed E-state index contributed by atoms with van der Waals surface area (Å²) in [5, 5.41) is 43.7. The molecule has 198 valence electrons. The third-order valence-electron chi connectivity index (χ3n) is 8.13. The van der Waals surface area contributed by atoms with Crippen LogP contribution in [0.25, 0.3) is 0 Å². The number of aromatic hydroxyl groups is 2. The highest BCUT2D eigenvalue weighted by molar-refractivity contribution is 6.30. The lowest BCUT2D eigenvalue weighted by molar-refractivity contribution is -0.257. The Balaban J connectivity index is 1.59. The number of hydrogen-bond acceptors (Lipinski definition) is 9. The zero-order valence-electron chi connectivity index (χ0n) is 21.4. The van der Waals surface area contributed by atoms with E-state index in [9.17, 15) is 30.0 Å². The van der Waals surface area contributed by atoms with E-state index in [0.29, 0.717) is 24.0 Å². The van der Waals surface area contributed by atoms with Crippen LogP contribution in [0.1, 0.15) is 82.2 Å². The van der Waals surface area contributed by atoms with E-state index in [4.69, 9.17) is 9.47 Å². The fraction of sp³-hybridized carbons (Fsp3) is 0.500. The van der Waals surface area contributed by atoms with Crippen LogP contribution >= 0.6 is 0 Å². The first-order valence-electron chi connectivity index (χ1n) is 12.6. The van der Waals surface area contributed by atoms with Gasteiger partial charge in [0, 0.05) is 42.0 Å². The Morgan fingerprint density at radius 3 is 2.54 bits per heavy atom. The average Bonchev–Trinajstić information content (AvgIpc) is 2.83. The van der Waals surface area contributed by atoms with E-state index in [2.05, 4.69) is 0 Å². The van der Waals surface area contributed by atoms with Crippen LogP contribution in [0.4, 0.5) is 0 Å². The fourth-order valence-corrected chi connectivity index (χ4v) is 5.96. The van der Waals surface area contributed by atoms with Crippen molar-refractivity contribution in [2.45, 2.75) is 75.8 Å². The van der Waals surface area contributed by atoms with Crippen LogP contribution in [0.5, 0.6) is 11.5 Å². The van der Waals surface area contributed by atoms with Gasteiger partial charge in [0.15, 0.2) is 12.1 Å². The summed E-state index contributed by atoms with van der Waals surface area (Å²) in [6.07, 6.45) is -1.68. The smallest absolute Gasteiger partial charge is 0.201 e. The fourth-order valence-electron chi connectivity index (χ4n) is 5.96. The zero-order valence-corrected chi connectivity index (χ0v) is 21.4. The molecule has 2 aromatic rings. The number of nitrogens with zero attached hydrogens (tertiary/aromatic N) is 1. The number of aliphatic hydroxyl groups is 2. The van der Waals surface area contributed by atoms with Crippen molar-refractivity contribution in [3.8, 4) is 11.5 Å². The minimum Gasteiger partial charge on any atom is -0.507 e. The van der Waals surface area contributed by atoms with Crippen LogP contribution in [-0.2, 0) is 15.9 Å². The van der Waals surface area contributed by atoms with E-state index in [1.165, 1.54) is 18.2 Å². The highest BCUT2D eigenvalue weighted by Crippen LogP contribution is 2.49. The van der Waals surface area contributed by atoms with Gasteiger partial charge in [-0.05, 0) is 45.1 Å². The van der Waals surface area contributed by atoms with Crippen LogP contribution < -0.4 is 0 Å². The van der Waals surface area contributed by atoms with Crippen LogP contribution in [0, 0.1) is 0 Å². The molecule has 0 spiro atoms. The van der Waals surface area contributed by atoms with Crippen molar-refractivity contribution in [1.29, 1.82) is 0 Å². The third kappa shape index (κ3) is 4.15. The molecule has 4 N–H and O–H groups in total. The van der Waals surface area contributed by atoms with Crippen LogP contribution in [0.2, 0.25) is 0 Å². The lowest BCUT2D eigenvalue weighted by Gasteiger charge is -2.44. The maximum absolute atomic E-state index is 13.4. The molecule has 6 atom stereocenters. The summed E-state index contributed by atoms with van der Waals surface area (Å²) < 4.78 is 12.3. The molecule has 1 saturated heterocycles. The van der Waals surface area contributed by atoms with Crippen molar-refractivity contribution >= 4 is 11.6 Å². The van der Waals surface area contributed by atoms with Crippen molar-refractivity contribution < 1.29 is 39.5 Å². The first-order valence-corrected chi connectivity index (χ1v) is 12.6. The van der Waals surface area contributed by atoms with Crippen molar-refractivity contribution in [1.82, 2.24) is 4.90 Å². The molecule has 0 saturated carbocycles. The maximum atomic E-state index is 13.4. The molecule has 0 bridgehead atoms. The molecule has 3 aliphatic rings. The highest BCUT2D eigenvalue weighted by atomic mass is 16.7. The number of likely N-dealkylation sites (N-methyl/N-ethyl adjacent to an activating group) is 1. The Labute approximate surface area is 215 Å². The van der Waals surface area contributed by atoms with Gasteiger partial charge in [-0.3, -0.25) is 9.59 Å². The molecule has 0 aromatic heterocycles. The summed E-state index contributed by atoms with van der Waals surface area (Å²) in [5.74, 6) is -1.83. The minimum absolute atomic E-state index is 0.0387. The summed E-state index contributed by atoms with van der Waals surface area (Å²) in [6, 6.07) is 5.63. The third-order valence-corrected chi connectivity index (χ3v) is 8.13. The van der Waals surface area contributed by atoms with E-state index in [-0.39, 0.29) is 52.6 Å². The molecule has 0 amide bonds. The highest BCUT2D eigenvalue weighted by Gasteiger charge is 2.45. The molecule has 1 heterocycles. The molecule has 0 unspecified atom stereocenters. The number of phenols is 2. The molecule has 0 radical (unpaired) electrons. The number of benzene rings is 2. The molecule has 9 nitrogen and oxygen atoms in total. The quantitative estimate of drug-likeness (QED) is 0.416. The first-order chi connectivity index (χ1) is 17.5. The number of carbonyl (C=O) groups excluding carboxylic acids is 2. The lowest BCUT2D eigenvalue weighted by atomic mass is 9.73. The van der Waals surface area contributed by atoms with Crippen LogP contribution in [0.15, 0.2) is 24.3 Å². The zero-order chi connectivity index (χ0) is 26.8. The van der Waals surface area contributed by atoms with Crippen molar-refractivity contribution in [2.75, 3.05) is 14.1 Å². The Bertz CT molecular complexity index is 1270. The Morgan fingerprint density at radius 1 is 1.14 bits per heavy atom. The molecule has 5 rings (SSSR count). The van der Waals surface area contributed by atoms with Crippen molar-refractivity contribution in [3.05, 3.63) is 57.6 Å². The maximum Gasteiger partial charge on any atom is 0.201 e. The van der Waals surface area contributed by atoms with Gasteiger partial charge >= 0.3 is 0 Å². The van der Waals surface area contributed by atoms with E-state index in [0.717, 1.165) is 0 Å². The van der Waals surface area contributed by atoms with Gasteiger partial charge in [-0.1, -0.05) is 19.1 Å². The van der Waals surface area contributed by atoms with Gasteiger partial charge < -0.3 is 34.8 Å². The number of carbonyl (C=O) groups is 2. The second-order valence-electron chi connectivity index (χ2n) is 10.7. The van der Waals surface area contributed by atoms with Gasteiger partial charge in [-0.15, -0.1) is 0 Å². The molecular formula is C28H33NO8. The Hall–Kier alpha value is -2.82. The second-order valence-corrected chi connectivity index (χ2v) is 10.7. The first kappa shape index (κ1) is 25.8. The van der Waals surface area contributed by atoms with E-state index in [1.807, 2.05) is 25.9 Å². The SMILES string of the molecule is CC[C@]1(O)Cc2cc3c(c(O)c2[C@@H](O[C@@H]2C[C@H](N(C)C)[C@@H](O)[C@H](C)O2)C1)C(=O)c1c(O)cccc1C3=O.